The number of hydrogen-bond acceptors (Lipinski definition) is 2. The zero-order chi connectivity index (χ0) is 13.1. The van der Waals surface area contributed by atoms with E-state index in [1.807, 2.05) is 42.0 Å². The van der Waals surface area contributed by atoms with Gasteiger partial charge in [0.25, 0.3) is 0 Å². The van der Waals surface area contributed by atoms with Crippen LogP contribution in [0.2, 0.25) is 0 Å². The predicted octanol–water partition coefficient (Wildman–Crippen LogP) is 3.05. The molecule has 1 atom stereocenters. The molecule has 3 nitrogen and oxygen atoms in total. The Kier molecular flexibility index (Phi) is 3.82. The summed E-state index contributed by atoms with van der Waals surface area (Å²) in [4.78, 5) is 4.33. The molecule has 18 heavy (non-hydrogen) atoms. The number of aromatic nitrogens is 2. The monoisotopic (exact) mass is 244 g/mol. The lowest BCUT2D eigenvalue weighted by molar-refractivity contribution is 0.155. The topological polar surface area (TPSA) is 38.0 Å². The maximum atomic E-state index is 10.3. The smallest absolute Gasteiger partial charge is 0.111 e. The SMILES string of the molecule is Cc1cccc(C(O)Cn2ccnc2C(C)C)c1. The number of nitrogens with zero attached hydrogens (tertiary/aromatic N) is 2. The van der Waals surface area contributed by atoms with Gasteiger partial charge in [-0.2, -0.15) is 0 Å². The van der Waals surface area contributed by atoms with E-state index in [0.29, 0.717) is 12.5 Å². The molecule has 0 fully saturated rings. The van der Waals surface area contributed by atoms with Gasteiger partial charge in [0.1, 0.15) is 5.82 Å². The van der Waals surface area contributed by atoms with Gasteiger partial charge in [-0.15, -0.1) is 0 Å². The Morgan fingerprint density at radius 2 is 2.11 bits per heavy atom. The molecule has 1 heterocycles. The first-order valence-corrected chi connectivity index (χ1v) is 6.33. The maximum absolute atomic E-state index is 10.3. The van der Waals surface area contributed by atoms with Crippen molar-refractivity contribution in [3.05, 3.63) is 53.6 Å². The summed E-state index contributed by atoms with van der Waals surface area (Å²) in [6, 6.07) is 8.00. The van der Waals surface area contributed by atoms with Crippen molar-refractivity contribution >= 4 is 0 Å². The van der Waals surface area contributed by atoms with E-state index >= 15 is 0 Å². The highest BCUT2D eigenvalue weighted by atomic mass is 16.3. The van der Waals surface area contributed by atoms with E-state index < -0.39 is 6.10 Å². The quantitative estimate of drug-likeness (QED) is 0.897. The van der Waals surface area contributed by atoms with Gasteiger partial charge in [0.2, 0.25) is 0 Å². The van der Waals surface area contributed by atoms with Crippen LogP contribution in [0.25, 0.3) is 0 Å². The van der Waals surface area contributed by atoms with Gasteiger partial charge in [-0.1, -0.05) is 43.7 Å². The largest absolute Gasteiger partial charge is 0.387 e. The molecule has 0 aliphatic carbocycles. The third-order valence-electron chi connectivity index (χ3n) is 3.06. The lowest BCUT2D eigenvalue weighted by Crippen LogP contribution is -2.12. The first-order chi connectivity index (χ1) is 8.58. The Morgan fingerprint density at radius 1 is 1.33 bits per heavy atom. The average molecular weight is 244 g/mol. The van der Waals surface area contributed by atoms with Crippen LogP contribution in [0, 0.1) is 6.92 Å². The molecular formula is C15H20N2O. The van der Waals surface area contributed by atoms with Gasteiger partial charge in [-0.25, -0.2) is 4.98 Å². The highest BCUT2D eigenvalue weighted by Crippen LogP contribution is 2.19. The maximum Gasteiger partial charge on any atom is 0.111 e. The Morgan fingerprint density at radius 3 is 2.78 bits per heavy atom. The Labute approximate surface area is 108 Å². The van der Waals surface area contributed by atoms with Crippen LogP contribution >= 0.6 is 0 Å². The molecule has 0 aliphatic heterocycles. The third kappa shape index (κ3) is 2.79. The van der Waals surface area contributed by atoms with Gasteiger partial charge in [-0.05, 0) is 12.5 Å². The lowest BCUT2D eigenvalue weighted by Gasteiger charge is -2.15. The van der Waals surface area contributed by atoms with Crippen LogP contribution < -0.4 is 0 Å². The zero-order valence-electron chi connectivity index (χ0n) is 11.2. The van der Waals surface area contributed by atoms with Crippen LogP contribution in [-0.2, 0) is 6.54 Å². The summed E-state index contributed by atoms with van der Waals surface area (Å²) in [6.07, 6.45) is 3.23. The second kappa shape index (κ2) is 5.36. The molecule has 2 aromatic rings. The number of aliphatic hydroxyl groups is 1. The summed E-state index contributed by atoms with van der Waals surface area (Å²) in [5, 5.41) is 10.3. The molecule has 96 valence electrons. The van der Waals surface area contributed by atoms with E-state index in [9.17, 15) is 5.11 Å². The molecule has 0 aliphatic rings. The number of aryl methyl sites for hydroxylation is 1. The van der Waals surface area contributed by atoms with Gasteiger partial charge >= 0.3 is 0 Å². The lowest BCUT2D eigenvalue weighted by atomic mass is 10.1. The molecule has 1 N–H and O–H groups in total. The van der Waals surface area contributed by atoms with Crippen molar-refractivity contribution < 1.29 is 5.11 Å². The minimum absolute atomic E-state index is 0.365. The summed E-state index contributed by atoms with van der Waals surface area (Å²) in [7, 11) is 0. The van der Waals surface area contributed by atoms with Gasteiger partial charge in [0.05, 0.1) is 12.6 Å². The summed E-state index contributed by atoms with van der Waals surface area (Å²) in [6.45, 7) is 6.81. The fraction of sp³-hybridized carbons (Fsp3) is 0.400. The standard InChI is InChI=1S/C15H20N2O/c1-11(2)15-16-7-8-17(15)10-14(18)13-6-4-5-12(3)9-13/h4-9,11,14,18H,10H2,1-3H3. The molecule has 1 unspecified atom stereocenters. The molecule has 0 spiro atoms. The molecule has 0 radical (unpaired) electrons. The van der Waals surface area contributed by atoms with Gasteiger partial charge in [0, 0.05) is 18.3 Å². The second-order valence-corrected chi connectivity index (χ2v) is 5.02. The molecule has 0 saturated heterocycles. The molecule has 2 rings (SSSR count). The van der Waals surface area contributed by atoms with Crippen molar-refractivity contribution in [1.29, 1.82) is 0 Å². The Hall–Kier alpha value is -1.61. The van der Waals surface area contributed by atoms with Crippen LogP contribution in [0.5, 0.6) is 0 Å². The molecule has 0 bridgehead atoms. The van der Waals surface area contributed by atoms with Gasteiger partial charge in [0.15, 0.2) is 0 Å². The zero-order valence-corrected chi connectivity index (χ0v) is 11.2. The summed E-state index contributed by atoms with van der Waals surface area (Å²) in [5.74, 6) is 1.38. The Balaban J connectivity index is 2.16. The number of imidazole rings is 1. The predicted molar refractivity (Wildman–Crippen MR) is 72.5 cm³/mol. The third-order valence-corrected chi connectivity index (χ3v) is 3.06. The highest BCUT2D eigenvalue weighted by molar-refractivity contribution is 5.24. The van der Waals surface area contributed by atoms with E-state index in [1.165, 1.54) is 5.56 Å². The van der Waals surface area contributed by atoms with Crippen molar-refractivity contribution in [2.75, 3.05) is 0 Å². The number of benzene rings is 1. The van der Waals surface area contributed by atoms with Crippen molar-refractivity contribution in [2.24, 2.45) is 0 Å². The van der Waals surface area contributed by atoms with E-state index in [2.05, 4.69) is 18.8 Å². The first-order valence-electron chi connectivity index (χ1n) is 6.33. The minimum Gasteiger partial charge on any atom is -0.387 e. The molecule has 0 amide bonds. The number of hydrogen-bond donors (Lipinski definition) is 1. The van der Waals surface area contributed by atoms with Crippen LogP contribution in [-0.4, -0.2) is 14.7 Å². The second-order valence-electron chi connectivity index (χ2n) is 5.02. The summed E-state index contributed by atoms with van der Waals surface area (Å²) in [5.41, 5.74) is 2.12. The molecule has 3 heteroatoms. The molecule has 1 aromatic heterocycles. The average Bonchev–Trinajstić information content (AvgIpc) is 2.77. The number of aliphatic hydroxyl groups excluding tert-OH is 1. The number of rotatable bonds is 4. The normalized spacial score (nSPS) is 12.9. The van der Waals surface area contributed by atoms with Gasteiger partial charge in [-0.3, -0.25) is 0 Å². The van der Waals surface area contributed by atoms with Crippen molar-refractivity contribution in [1.82, 2.24) is 9.55 Å². The fourth-order valence-corrected chi connectivity index (χ4v) is 2.14. The van der Waals surface area contributed by atoms with E-state index in [4.69, 9.17) is 0 Å². The van der Waals surface area contributed by atoms with Crippen molar-refractivity contribution in [3.8, 4) is 0 Å². The summed E-state index contributed by atoms with van der Waals surface area (Å²) >= 11 is 0. The van der Waals surface area contributed by atoms with Gasteiger partial charge < -0.3 is 9.67 Å². The molecule has 1 aromatic carbocycles. The van der Waals surface area contributed by atoms with Crippen molar-refractivity contribution in [3.63, 3.8) is 0 Å². The minimum atomic E-state index is -0.489. The fourth-order valence-electron chi connectivity index (χ4n) is 2.14. The van der Waals surface area contributed by atoms with E-state index in [0.717, 1.165) is 11.4 Å². The van der Waals surface area contributed by atoms with Crippen LogP contribution in [0.4, 0.5) is 0 Å². The molecular weight excluding hydrogens is 224 g/mol. The Bertz CT molecular complexity index is 517. The van der Waals surface area contributed by atoms with Crippen LogP contribution in [0.3, 0.4) is 0 Å². The highest BCUT2D eigenvalue weighted by Gasteiger charge is 2.12. The van der Waals surface area contributed by atoms with E-state index in [1.54, 1.807) is 6.20 Å². The first kappa shape index (κ1) is 12.8. The summed E-state index contributed by atoms with van der Waals surface area (Å²) < 4.78 is 2.03. The molecule has 0 saturated carbocycles. The van der Waals surface area contributed by atoms with Crippen LogP contribution in [0.1, 0.15) is 42.8 Å². The van der Waals surface area contributed by atoms with E-state index in [-0.39, 0.29) is 0 Å². The van der Waals surface area contributed by atoms with Crippen molar-refractivity contribution in [2.45, 2.75) is 39.3 Å². The van der Waals surface area contributed by atoms with Crippen LogP contribution in [0.15, 0.2) is 36.7 Å².